The lowest BCUT2D eigenvalue weighted by atomic mass is 9.98. The van der Waals surface area contributed by atoms with E-state index in [9.17, 15) is 21.6 Å². The second kappa shape index (κ2) is 8.91. The van der Waals surface area contributed by atoms with Crippen molar-refractivity contribution >= 4 is 16.0 Å². The Kier molecular flexibility index (Phi) is 6.72. The van der Waals surface area contributed by atoms with Crippen LogP contribution in [0.4, 0.5) is 13.2 Å². The molecule has 0 spiro atoms. The molecule has 0 unspecified atom stereocenters. The van der Waals surface area contributed by atoms with E-state index in [1.165, 1.54) is 11.1 Å². The first-order valence-electron chi connectivity index (χ1n) is 9.89. The molecule has 10 heteroatoms. The summed E-state index contributed by atoms with van der Waals surface area (Å²) in [7, 11) is -5.23. The highest BCUT2D eigenvalue weighted by molar-refractivity contribution is 7.90. The van der Waals surface area contributed by atoms with Crippen LogP contribution in [0, 0.1) is 5.92 Å². The lowest BCUT2D eigenvalue weighted by Gasteiger charge is -2.33. The SMILES string of the molecule is CCNC(=NCC1CCN(S(=O)(=O)C(F)(F)F)CC1)N1CCc2ccccc2C1. The number of hydrogen-bond acceptors (Lipinski definition) is 3. The maximum atomic E-state index is 12.7. The van der Waals surface area contributed by atoms with Gasteiger partial charge in [0.15, 0.2) is 5.96 Å². The van der Waals surface area contributed by atoms with E-state index in [0.717, 1.165) is 32.0 Å². The number of halogens is 3. The van der Waals surface area contributed by atoms with Crippen LogP contribution in [0.2, 0.25) is 0 Å². The molecule has 1 saturated heterocycles. The smallest absolute Gasteiger partial charge is 0.357 e. The zero-order valence-corrected chi connectivity index (χ0v) is 17.3. The molecular weight excluding hydrogens is 405 g/mol. The molecule has 6 nitrogen and oxygen atoms in total. The Balaban J connectivity index is 1.59. The van der Waals surface area contributed by atoms with Gasteiger partial charge < -0.3 is 10.2 Å². The molecule has 2 aliphatic heterocycles. The second-order valence-electron chi connectivity index (χ2n) is 7.43. The van der Waals surface area contributed by atoms with E-state index in [2.05, 4.69) is 22.3 Å². The largest absolute Gasteiger partial charge is 0.511 e. The third-order valence-corrected chi connectivity index (χ3v) is 7.10. The van der Waals surface area contributed by atoms with E-state index in [-0.39, 0.29) is 19.0 Å². The first kappa shape index (κ1) is 21.9. The summed E-state index contributed by atoms with van der Waals surface area (Å²) < 4.78 is 61.7. The zero-order chi connectivity index (χ0) is 21.1. The van der Waals surface area contributed by atoms with Crippen LogP contribution < -0.4 is 5.32 Å². The minimum Gasteiger partial charge on any atom is -0.357 e. The van der Waals surface area contributed by atoms with Crippen molar-refractivity contribution in [3.8, 4) is 0 Å². The van der Waals surface area contributed by atoms with E-state index in [1.807, 2.05) is 19.1 Å². The standard InChI is InChI=1S/C19H27F3N4O2S/c1-2-23-18(25-10-9-16-5-3-4-6-17(16)14-25)24-13-15-7-11-26(12-8-15)29(27,28)19(20,21)22/h3-6,15H,2,7-14H2,1H3,(H,23,24). The highest BCUT2D eigenvalue weighted by atomic mass is 32.2. The maximum Gasteiger partial charge on any atom is 0.511 e. The molecule has 0 saturated carbocycles. The van der Waals surface area contributed by atoms with Gasteiger partial charge in [0.2, 0.25) is 0 Å². The van der Waals surface area contributed by atoms with Crippen molar-refractivity contribution in [1.29, 1.82) is 0 Å². The quantitative estimate of drug-likeness (QED) is 0.587. The average Bonchev–Trinajstić information content (AvgIpc) is 2.70. The number of fused-ring (bicyclic) bond motifs is 1. The summed E-state index contributed by atoms with van der Waals surface area (Å²) in [6.45, 7) is 4.58. The van der Waals surface area contributed by atoms with Gasteiger partial charge in [0.25, 0.3) is 0 Å². The number of benzene rings is 1. The number of sulfonamides is 1. The monoisotopic (exact) mass is 432 g/mol. The summed E-state index contributed by atoms with van der Waals surface area (Å²) in [5.74, 6) is 0.868. The Bertz CT molecular complexity index is 834. The lowest BCUT2D eigenvalue weighted by Crippen LogP contribution is -2.46. The van der Waals surface area contributed by atoms with Gasteiger partial charge in [-0.05, 0) is 43.2 Å². The van der Waals surface area contributed by atoms with E-state index >= 15 is 0 Å². The normalized spacial score (nSPS) is 19.9. The van der Waals surface area contributed by atoms with Crippen LogP contribution in [0.15, 0.2) is 29.3 Å². The van der Waals surface area contributed by atoms with Gasteiger partial charge in [-0.2, -0.15) is 17.5 Å². The van der Waals surface area contributed by atoms with E-state index < -0.39 is 15.5 Å². The van der Waals surface area contributed by atoms with E-state index in [4.69, 9.17) is 4.99 Å². The number of rotatable bonds is 4. The third kappa shape index (κ3) is 5.03. The number of guanidine groups is 1. The fourth-order valence-electron chi connectivity index (χ4n) is 3.80. The fourth-order valence-corrected chi connectivity index (χ4v) is 4.78. The van der Waals surface area contributed by atoms with Crippen LogP contribution in [-0.4, -0.2) is 61.8 Å². The zero-order valence-electron chi connectivity index (χ0n) is 16.5. The van der Waals surface area contributed by atoms with Crippen LogP contribution in [0.1, 0.15) is 30.9 Å². The minimum absolute atomic E-state index is 0.0698. The number of hydrogen-bond donors (Lipinski definition) is 1. The fraction of sp³-hybridized carbons (Fsp3) is 0.632. The molecule has 0 atom stereocenters. The van der Waals surface area contributed by atoms with Crippen molar-refractivity contribution in [3.05, 3.63) is 35.4 Å². The summed E-state index contributed by atoms with van der Waals surface area (Å²) in [5, 5.41) is 3.30. The molecule has 29 heavy (non-hydrogen) atoms. The molecule has 1 N–H and O–H groups in total. The Morgan fingerprint density at radius 2 is 1.83 bits per heavy atom. The van der Waals surface area contributed by atoms with Crippen LogP contribution in [0.25, 0.3) is 0 Å². The summed E-state index contributed by atoms with van der Waals surface area (Å²) in [6, 6.07) is 8.32. The number of alkyl halides is 3. The molecular formula is C19H27F3N4O2S. The van der Waals surface area contributed by atoms with E-state index in [1.54, 1.807) is 0 Å². The molecule has 0 amide bonds. The van der Waals surface area contributed by atoms with Gasteiger partial charge in [-0.25, -0.2) is 8.42 Å². The predicted octanol–water partition coefficient (Wildman–Crippen LogP) is 2.57. The Morgan fingerprint density at radius 1 is 1.17 bits per heavy atom. The second-order valence-corrected chi connectivity index (χ2v) is 9.36. The van der Waals surface area contributed by atoms with Gasteiger partial charge in [-0.3, -0.25) is 4.99 Å². The van der Waals surface area contributed by atoms with Crippen LogP contribution in [0.5, 0.6) is 0 Å². The van der Waals surface area contributed by atoms with E-state index in [0.29, 0.717) is 23.7 Å². The number of aliphatic imine (C=N–C) groups is 1. The van der Waals surface area contributed by atoms with Gasteiger partial charge in [-0.15, -0.1) is 0 Å². The molecule has 2 aliphatic rings. The molecule has 162 valence electrons. The summed E-state index contributed by atoms with van der Waals surface area (Å²) in [6.07, 6.45) is 1.69. The summed E-state index contributed by atoms with van der Waals surface area (Å²) >= 11 is 0. The first-order valence-corrected chi connectivity index (χ1v) is 11.3. The van der Waals surface area contributed by atoms with Crippen LogP contribution in [0.3, 0.4) is 0 Å². The Labute approximate surface area is 169 Å². The van der Waals surface area contributed by atoms with Crippen LogP contribution in [-0.2, 0) is 23.0 Å². The highest BCUT2D eigenvalue weighted by Crippen LogP contribution is 2.30. The predicted molar refractivity (Wildman–Crippen MR) is 106 cm³/mol. The summed E-state index contributed by atoms with van der Waals surface area (Å²) in [5.41, 5.74) is -2.62. The van der Waals surface area contributed by atoms with Crippen molar-refractivity contribution in [2.45, 2.75) is 38.2 Å². The Morgan fingerprint density at radius 3 is 2.45 bits per heavy atom. The average molecular weight is 433 g/mol. The van der Waals surface area contributed by atoms with Crippen molar-refractivity contribution in [2.24, 2.45) is 10.9 Å². The number of nitrogens with zero attached hydrogens (tertiary/aromatic N) is 3. The summed E-state index contributed by atoms with van der Waals surface area (Å²) in [4.78, 5) is 6.90. The van der Waals surface area contributed by atoms with Crippen molar-refractivity contribution in [2.75, 3.05) is 32.7 Å². The molecule has 0 aliphatic carbocycles. The van der Waals surface area contributed by atoms with Gasteiger partial charge in [-0.1, -0.05) is 24.3 Å². The maximum absolute atomic E-state index is 12.7. The lowest BCUT2D eigenvalue weighted by molar-refractivity contribution is -0.0496. The molecule has 1 fully saturated rings. The molecule has 1 aromatic carbocycles. The van der Waals surface area contributed by atoms with Crippen LogP contribution >= 0.6 is 0 Å². The van der Waals surface area contributed by atoms with Gasteiger partial charge in [0, 0.05) is 39.3 Å². The van der Waals surface area contributed by atoms with Crippen molar-refractivity contribution < 1.29 is 21.6 Å². The molecule has 2 heterocycles. The van der Waals surface area contributed by atoms with Gasteiger partial charge in [0.1, 0.15) is 0 Å². The van der Waals surface area contributed by atoms with Gasteiger partial charge >= 0.3 is 15.5 Å². The molecule has 0 bridgehead atoms. The topological polar surface area (TPSA) is 65.0 Å². The highest BCUT2D eigenvalue weighted by Gasteiger charge is 2.50. The van der Waals surface area contributed by atoms with Crippen molar-refractivity contribution in [3.63, 3.8) is 0 Å². The Hall–Kier alpha value is -1.81. The molecule has 3 rings (SSSR count). The molecule has 1 aromatic rings. The number of piperidine rings is 1. The number of nitrogens with one attached hydrogen (secondary N) is 1. The first-order chi connectivity index (χ1) is 13.7. The molecule has 0 radical (unpaired) electrons. The third-order valence-electron chi connectivity index (χ3n) is 5.47. The van der Waals surface area contributed by atoms with Gasteiger partial charge in [0.05, 0.1) is 0 Å². The van der Waals surface area contributed by atoms with Crippen molar-refractivity contribution in [1.82, 2.24) is 14.5 Å². The molecule has 0 aromatic heterocycles. The minimum atomic E-state index is -5.24.